The van der Waals surface area contributed by atoms with Crippen molar-refractivity contribution in [3.63, 3.8) is 0 Å². The highest BCUT2D eigenvalue weighted by Crippen LogP contribution is 2.35. The van der Waals surface area contributed by atoms with Crippen LogP contribution >= 0.6 is 0 Å². The van der Waals surface area contributed by atoms with Crippen LogP contribution in [-0.2, 0) is 0 Å². The van der Waals surface area contributed by atoms with Gasteiger partial charge in [0.15, 0.2) is 5.82 Å². The predicted octanol–water partition coefficient (Wildman–Crippen LogP) is 7.62. The van der Waals surface area contributed by atoms with E-state index >= 15 is 0 Å². The van der Waals surface area contributed by atoms with E-state index < -0.39 is 0 Å². The van der Waals surface area contributed by atoms with Gasteiger partial charge in [-0.1, -0.05) is 54.6 Å². The molecule has 7 heterocycles. The average molecular weight is 592 g/mol. The molecule has 10 rings (SSSR count). The average Bonchev–Trinajstić information content (AvgIpc) is 3.64. The Labute approximate surface area is 260 Å². The summed E-state index contributed by atoms with van der Waals surface area (Å²) >= 11 is 0. The van der Waals surface area contributed by atoms with Crippen molar-refractivity contribution in [2.24, 2.45) is 0 Å². The zero-order valence-electron chi connectivity index (χ0n) is 24.1. The number of pyridine rings is 4. The molecule has 7 aromatic heterocycles. The van der Waals surface area contributed by atoms with Crippen LogP contribution in [0.1, 0.15) is 0 Å². The Bertz CT molecular complexity index is 2590. The third kappa shape index (κ3) is 3.47. The molecule has 0 aliphatic rings. The summed E-state index contributed by atoms with van der Waals surface area (Å²) in [7, 11) is 0. The number of rotatable bonds is 3. The molecule has 0 fully saturated rings. The van der Waals surface area contributed by atoms with Gasteiger partial charge in [-0.05, 0) is 53.9 Å². The molecular weight excluding hydrogens is 570 g/mol. The molecule has 0 saturated heterocycles. The summed E-state index contributed by atoms with van der Waals surface area (Å²) < 4.78 is 3.93. The van der Waals surface area contributed by atoms with E-state index in [0.717, 1.165) is 59.9 Å². The van der Waals surface area contributed by atoms with E-state index in [1.54, 1.807) is 18.6 Å². The Balaban J connectivity index is 1.35. The second-order valence-electron chi connectivity index (χ2n) is 11.1. The Hall–Kier alpha value is -6.61. The number of aromatic nitrogens is 9. The third-order valence-electron chi connectivity index (χ3n) is 8.60. The molecule has 0 saturated carbocycles. The lowest BCUT2D eigenvalue weighted by Crippen LogP contribution is -2.11. The lowest BCUT2D eigenvalue weighted by Gasteiger charge is -2.13. The van der Waals surface area contributed by atoms with E-state index in [1.165, 1.54) is 0 Å². The van der Waals surface area contributed by atoms with Crippen LogP contribution < -0.4 is 0 Å². The fourth-order valence-corrected chi connectivity index (χ4v) is 6.63. The highest BCUT2D eigenvalue weighted by molar-refractivity contribution is 6.10. The molecule has 0 spiro atoms. The van der Waals surface area contributed by atoms with Crippen LogP contribution in [0.15, 0.2) is 128 Å². The highest BCUT2D eigenvalue weighted by Gasteiger charge is 2.22. The molecule has 46 heavy (non-hydrogen) atoms. The van der Waals surface area contributed by atoms with Gasteiger partial charge in [0, 0.05) is 62.7 Å². The van der Waals surface area contributed by atoms with Crippen LogP contribution in [-0.4, -0.2) is 44.0 Å². The largest absolute Gasteiger partial charge is 0.262 e. The molecule has 3 aromatic carbocycles. The number of hydrogen-bond donors (Lipinski definition) is 0. The molecule has 0 atom stereocenters. The van der Waals surface area contributed by atoms with Gasteiger partial charge in [0.05, 0.1) is 11.0 Å². The molecule has 0 radical (unpaired) electrons. The van der Waals surface area contributed by atoms with Crippen molar-refractivity contribution < 1.29 is 0 Å². The van der Waals surface area contributed by atoms with Gasteiger partial charge in [-0.3, -0.25) is 9.55 Å². The number of benzene rings is 3. The summed E-state index contributed by atoms with van der Waals surface area (Å²) in [5.74, 6) is 1.38. The summed E-state index contributed by atoms with van der Waals surface area (Å²) in [5.41, 5.74) is 4.94. The second-order valence-corrected chi connectivity index (χ2v) is 11.1. The van der Waals surface area contributed by atoms with Crippen LogP contribution in [0.25, 0.3) is 89.0 Å². The molecule has 0 unspecified atom stereocenters. The van der Waals surface area contributed by atoms with Gasteiger partial charge in [0.1, 0.15) is 16.9 Å². The van der Waals surface area contributed by atoms with Crippen LogP contribution in [0.5, 0.6) is 0 Å². The SMILES string of the molecule is c1cnc2c(c1)ccc1c(-c3nc(-n4c5ccccc5c5cccnc54)nc(-n4c5ncccc5c5cccnc54)n3)cccc12. The van der Waals surface area contributed by atoms with Gasteiger partial charge in [0.25, 0.3) is 0 Å². The van der Waals surface area contributed by atoms with Gasteiger partial charge < -0.3 is 0 Å². The number of hydrogen-bond acceptors (Lipinski definition) is 7. The summed E-state index contributed by atoms with van der Waals surface area (Å²) in [5, 5.41) is 7.11. The van der Waals surface area contributed by atoms with Crippen LogP contribution in [0.3, 0.4) is 0 Å². The van der Waals surface area contributed by atoms with Crippen molar-refractivity contribution in [1.29, 1.82) is 0 Å². The molecule has 0 aliphatic carbocycles. The Morgan fingerprint density at radius 2 is 0.978 bits per heavy atom. The first-order valence-corrected chi connectivity index (χ1v) is 14.9. The molecule has 0 bridgehead atoms. The molecule has 0 aliphatic heterocycles. The van der Waals surface area contributed by atoms with E-state index in [-0.39, 0.29) is 0 Å². The maximum Gasteiger partial charge on any atom is 0.242 e. The summed E-state index contributed by atoms with van der Waals surface area (Å²) in [4.78, 5) is 34.5. The van der Waals surface area contributed by atoms with Gasteiger partial charge in [-0.25, -0.2) is 19.5 Å². The van der Waals surface area contributed by atoms with E-state index in [2.05, 4.69) is 42.5 Å². The van der Waals surface area contributed by atoms with E-state index in [1.807, 2.05) is 76.0 Å². The summed E-state index contributed by atoms with van der Waals surface area (Å²) in [6.45, 7) is 0. The maximum absolute atomic E-state index is 5.17. The topological polar surface area (TPSA) is 100 Å². The minimum atomic E-state index is 0.412. The van der Waals surface area contributed by atoms with Gasteiger partial charge in [-0.15, -0.1) is 0 Å². The van der Waals surface area contributed by atoms with Crippen LogP contribution in [0, 0.1) is 0 Å². The van der Waals surface area contributed by atoms with Gasteiger partial charge in [-0.2, -0.15) is 15.0 Å². The number of fused-ring (bicyclic) bond motifs is 9. The van der Waals surface area contributed by atoms with E-state index in [9.17, 15) is 0 Å². The van der Waals surface area contributed by atoms with Crippen molar-refractivity contribution in [3.8, 4) is 23.3 Å². The first-order valence-electron chi connectivity index (χ1n) is 14.9. The molecule has 9 nitrogen and oxygen atoms in total. The minimum absolute atomic E-state index is 0.412. The minimum Gasteiger partial charge on any atom is -0.262 e. The highest BCUT2D eigenvalue weighted by atomic mass is 15.3. The van der Waals surface area contributed by atoms with Crippen LogP contribution in [0.4, 0.5) is 0 Å². The Kier molecular flexibility index (Phi) is 5.09. The van der Waals surface area contributed by atoms with Gasteiger partial charge in [0.2, 0.25) is 11.9 Å². The standard InChI is InChI=1S/C37H21N9/c1-2-15-30-24(9-1)27-12-5-19-39-33(27)45(30)36-42-32(26-11-3-10-25-23(26)17-16-22-8-4-18-38-31(22)25)43-37(44-36)46-34-28(13-6-20-40-34)29-14-7-21-41-35(29)46/h1-21H. The van der Waals surface area contributed by atoms with Gasteiger partial charge >= 0.3 is 0 Å². The second kappa shape index (κ2) is 9.44. The lowest BCUT2D eigenvalue weighted by molar-refractivity contribution is 0.880. The Morgan fingerprint density at radius 3 is 1.74 bits per heavy atom. The van der Waals surface area contributed by atoms with Crippen molar-refractivity contribution in [2.75, 3.05) is 0 Å². The summed E-state index contributed by atoms with van der Waals surface area (Å²) in [6.07, 6.45) is 7.18. The van der Waals surface area contributed by atoms with Crippen LogP contribution in [0.2, 0.25) is 0 Å². The first kappa shape index (κ1) is 24.8. The molecular formula is C37H21N9. The zero-order valence-corrected chi connectivity index (χ0v) is 24.1. The van der Waals surface area contributed by atoms with E-state index in [4.69, 9.17) is 34.9 Å². The van der Waals surface area contributed by atoms with Crippen molar-refractivity contribution >= 4 is 65.7 Å². The fourth-order valence-electron chi connectivity index (χ4n) is 6.63. The molecule has 9 heteroatoms. The first-order chi connectivity index (χ1) is 22.8. The van der Waals surface area contributed by atoms with Crippen molar-refractivity contribution in [3.05, 3.63) is 128 Å². The number of nitrogens with zero attached hydrogens (tertiary/aromatic N) is 9. The Morgan fingerprint density at radius 1 is 0.391 bits per heavy atom. The smallest absolute Gasteiger partial charge is 0.242 e. The number of para-hydroxylation sites is 1. The van der Waals surface area contributed by atoms with Crippen molar-refractivity contribution in [2.45, 2.75) is 0 Å². The summed E-state index contributed by atoms with van der Waals surface area (Å²) in [6, 6.07) is 34.6. The maximum atomic E-state index is 5.17. The molecule has 214 valence electrons. The lowest BCUT2D eigenvalue weighted by atomic mass is 10.0. The fraction of sp³-hybridized carbons (Fsp3) is 0. The zero-order chi connectivity index (χ0) is 30.2. The molecule has 0 N–H and O–H groups in total. The monoisotopic (exact) mass is 591 g/mol. The predicted molar refractivity (Wildman–Crippen MR) is 180 cm³/mol. The quantitative estimate of drug-likeness (QED) is 0.195. The normalized spacial score (nSPS) is 11.9. The molecule has 10 aromatic rings. The molecule has 0 amide bonds. The van der Waals surface area contributed by atoms with E-state index in [0.29, 0.717) is 29.0 Å². The van der Waals surface area contributed by atoms with Crippen molar-refractivity contribution in [1.82, 2.24) is 44.0 Å². The third-order valence-corrected chi connectivity index (χ3v) is 8.60.